The molecule has 0 unspecified atom stereocenters. The number of anilines is 1. The summed E-state index contributed by atoms with van der Waals surface area (Å²) in [7, 11) is -2.23. The van der Waals surface area contributed by atoms with E-state index in [-0.39, 0.29) is 11.6 Å². The Kier molecular flexibility index (Phi) is 4.81. The number of rotatable bonds is 7. The maximum absolute atomic E-state index is 12.7. The fourth-order valence-corrected chi connectivity index (χ4v) is 3.36. The average molecular weight is 310 g/mol. The Bertz CT molecular complexity index is 670. The van der Waals surface area contributed by atoms with E-state index >= 15 is 0 Å². The van der Waals surface area contributed by atoms with Crippen molar-refractivity contribution in [1.29, 1.82) is 0 Å². The molecule has 0 aliphatic rings. The number of methoxy groups -OCH3 is 1. The largest absolute Gasteiger partial charge is 0.495 e. The molecule has 1 aromatic carbocycles. The van der Waals surface area contributed by atoms with Gasteiger partial charge in [0.05, 0.1) is 19.0 Å². The third-order valence-electron chi connectivity index (χ3n) is 2.96. The predicted octanol–water partition coefficient (Wildman–Crippen LogP) is 0.962. The topological polar surface area (TPSA) is 101 Å². The molecule has 0 aliphatic heterocycles. The summed E-state index contributed by atoms with van der Waals surface area (Å²) < 4.78 is 32.0. The van der Waals surface area contributed by atoms with E-state index < -0.39 is 10.0 Å². The van der Waals surface area contributed by atoms with Crippen LogP contribution >= 0.6 is 0 Å². The van der Waals surface area contributed by atoms with Crippen LogP contribution in [0, 0.1) is 0 Å². The maximum atomic E-state index is 12.7. The first-order chi connectivity index (χ1) is 10.1. The van der Waals surface area contributed by atoms with Gasteiger partial charge in [-0.3, -0.25) is 9.40 Å². The number of sulfonamides is 1. The van der Waals surface area contributed by atoms with E-state index in [1.165, 1.54) is 23.7 Å². The number of H-pyrrole nitrogens is 1. The van der Waals surface area contributed by atoms with Crippen molar-refractivity contribution < 1.29 is 13.2 Å². The number of nitrogens with zero attached hydrogens (tertiary/aromatic N) is 2. The van der Waals surface area contributed by atoms with E-state index in [1.54, 1.807) is 24.3 Å². The van der Waals surface area contributed by atoms with Gasteiger partial charge in [-0.15, -0.1) is 0 Å². The monoisotopic (exact) mass is 310 g/mol. The zero-order valence-electron chi connectivity index (χ0n) is 11.7. The molecule has 1 heterocycles. The highest BCUT2D eigenvalue weighted by molar-refractivity contribution is 7.92. The van der Waals surface area contributed by atoms with Crippen LogP contribution in [-0.2, 0) is 10.0 Å². The molecule has 0 radical (unpaired) electrons. The van der Waals surface area contributed by atoms with Gasteiger partial charge in [0.15, 0.2) is 5.03 Å². The van der Waals surface area contributed by atoms with Gasteiger partial charge in [0.25, 0.3) is 10.0 Å². The predicted molar refractivity (Wildman–Crippen MR) is 79.8 cm³/mol. The van der Waals surface area contributed by atoms with Gasteiger partial charge < -0.3 is 10.5 Å². The summed E-state index contributed by atoms with van der Waals surface area (Å²) >= 11 is 0. The lowest BCUT2D eigenvalue weighted by molar-refractivity contribution is 0.415. The van der Waals surface area contributed by atoms with Crippen LogP contribution in [-0.4, -0.2) is 38.8 Å². The SMILES string of the molecule is COc1ccccc1N(CCCN)S(=O)(=O)c1ccn[nH]1. The van der Waals surface area contributed by atoms with Crippen molar-refractivity contribution in [2.24, 2.45) is 5.73 Å². The third kappa shape index (κ3) is 3.17. The second-order valence-electron chi connectivity index (χ2n) is 4.31. The van der Waals surface area contributed by atoms with Gasteiger partial charge in [0.1, 0.15) is 5.75 Å². The van der Waals surface area contributed by atoms with E-state index in [9.17, 15) is 8.42 Å². The summed E-state index contributed by atoms with van der Waals surface area (Å²) in [5.41, 5.74) is 5.99. The summed E-state index contributed by atoms with van der Waals surface area (Å²) in [5.74, 6) is 0.484. The Morgan fingerprint density at radius 1 is 1.33 bits per heavy atom. The first-order valence-electron chi connectivity index (χ1n) is 6.46. The maximum Gasteiger partial charge on any atom is 0.281 e. The fourth-order valence-electron chi connectivity index (χ4n) is 1.95. The molecule has 21 heavy (non-hydrogen) atoms. The molecule has 0 aliphatic carbocycles. The number of aromatic nitrogens is 2. The highest BCUT2D eigenvalue weighted by Gasteiger charge is 2.27. The molecular weight excluding hydrogens is 292 g/mol. The van der Waals surface area contributed by atoms with Crippen LogP contribution < -0.4 is 14.8 Å². The second-order valence-corrected chi connectivity index (χ2v) is 6.14. The van der Waals surface area contributed by atoms with E-state index in [0.29, 0.717) is 24.4 Å². The first-order valence-corrected chi connectivity index (χ1v) is 7.90. The van der Waals surface area contributed by atoms with Gasteiger partial charge in [0, 0.05) is 6.54 Å². The van der Waals surface area contributed by atoms with E-state index in [1.807, 2.05) is 0 Å². The van der Waals surface area contributed by atoms with Crippen LogP contribution in [0.5, 0.6) is 5.75 Å². The molecule has 2 aromatic rings. The lowest BCUT2D eigenvalue weighted by atomic mass is 10.3. The molecule has 114 valence electrons. The van der Waals surface area contributed by atoms with Crippen LogP contribution in [0.15, 0.2) is 41.6 Å². The van der Waals surface area contributed by atoms with Crippen molar-refractivity contribution in [3.05, 3.63) is 36.5 Å². The van der Waals surface area contributed by atoms with Crippen LogP contribution in [0.2, 0.25) is 0 Å². The highest BCUT2D eigenvalue weighted by Crippen LogP contribution is 2.31. The summed E-state index contributed by atoms with van der Waals surface area (Å²) in [4.78, 5) is 0. The second kappa shape index (κ2) is 6.59. The Balaban J connectivity index is 2.48. The molecule has 0 atom stereocenters. The zero-order valence-corrected chi connectivity index (χ0v) is 12.5. The molecule has 0 bridgehead atoms. The quantitative estimate of drug-likeness (QED) is 0.793. The Hall–Kier alpha value is -2.06. The summed E-state index contributed by atoms with van der Waals surface area (Å²) in [5, 5.41) is 6.22. The van der Waals surface area contributed by atoms with Crippen molar-refractivity contribution in [3.8, 4) is 5.75 Å². The van der Waals surface area contributed by atoms with Gasteiger partial charge in [0.2, 0.25) is 0 Å². The highest BCUT2D eigenvalue weighted by atomic mass is 32.2. The summed E-state index contributed by atoms with van der Waals surface area (Å²) in [6.45, 7) is 0.655. The summed E-state index contributed by atoms with van der Waals surface area (Å²) in [6, 6.07) is 8.37. The Morgan fingerprint density at radius 2 is 2.10 bits per heavy atom. The van der Waals surface area contributed by atoms with E-state index in [2.05, 4.69) is 10.2 Å². The number of hydrogen-bond donors (Lipinski definition) is 2. The number of hydrogen-bond acceptors (Lipinski definition) is 5. The Labute approximate surface area is 123 Å². The lowest BCUT2D eigenvalue weighted by Gasteiger charge is -2.25. The van der Waals surface area contributed by atoms with Gasteiger partial charge in [-0.1, -0.05) is 12.1 Å². The van der Waals surface area contributed by atoms with E-state index in [0.717, 1.165) is 0 Å². The number of nitrogens with two attached hydrogens (primary N) is 1. The molecule has 0 amide bonds. The van der Waals surface area contributed by atoms with Crippen molar-refractivity contribution in [1.82, 2.24) is 10.2 Å². The number of benzene rings is 1. The normalized spacial score (nSPS) is 11.3. The number of para-hydroxylation sites is 2. The van der Waals surface area contributed by atoms with Gasteiger partial charge in [-0.25, -0.2) is 0 Å². The van der Waals surface area contributed by atoms with Crippen LogP contribution in [0.25, 0.3) is 0 Å². The molecule has 3 N–H and O–H groups in total. The number of nitrogens with one attached hydrogen (secondary N) is 1. The van der Waals surface area contributed by atoms with Gasteiger partial charge in [-0.05, 0) is 31.2 Å². The number of aromatic amines is 1. The molecular formula is C13H18N4O3S. The minimum atomic E-state index is -3.74. The minimum Gasteiger partial charge on any atom is -0.495 e. The zero-order chi connectivity index (χ0) is 15.3. The number of ether oxygens (including phenoxy) is 1. The third-order valence-corrected chi connectivity index (χ3v) is 4.71. The smallest absolute Gasteiger partial charge is 0.281 e. The average Bonchev–Trinajstić information content (AvgIpc) is 3.03. The molecule has 7 nitrogen and oxygen atoms in total. The van der Waals surface area contributed by atoms with Crippen molar-refractivity contribution >= 4 is 15.7 Å². The van der Waals surface area contributed by atoms with Crippen LogP contribution in [0.1, 0.15) is 6.42 Å². The van der Waals surface area contributed by atoms with E-state index in [4.69, 9.17) is 10.5 Å². The van der Waals surface area contributed by atoms with Crippen molar-refractivity contribution in [2.45, 2.75) is 11.4 Å². The lowest BCUT2D eigenvalue weighted by Crippen LogP contribution is -2.33. The Morgan fingerprint density at radius 3 is 2.71 bits per heavy atom. The molecule has 0 saturated carbocycles. The molecule has 2 rings (SSSR count). The fraction of sp³-hybridized carbons (Fsp3) is 0.308. The van der Waals surface area contributed by atoms with Crippen molar-refractivity contribution in [2.75, 3.05) is 24.5 Å². The molecule has 8 heteroatoms. The van der Waals surface area contributed by atoms with Gasteiger partial charge >= 0.3 is 0 Å². The minimum absolute atomic E-state index is 0.0328. The van der Waals surface area contributed by atoms with Gasteiger partial charge in [-0.2, -0.15) is 13.5 Å². The molecule has 0 saturated heterocycles. The summed E-state index contributed by atoms with van der Waals surface area (Å²) in [6.07, 6.45) is 1.93. The van der Waals surface area contributed by atoms with Crippen LogP contribution in [0.3, 0.4) is 0 Å². The molecule has 1 aromatic heterocycles. The van der Waals surface area contributed by atoms with Crippen molar-refractivity contribution in [3.63, 3.8) is 0 Å². The standard InChI is InChI=1S/C13H18N4O3S/c1-20-12-6-3-2-5-11(12)17(10-4-8-14)21(18,19)13-7-9-15-16-13/h2-3,5-7,9H,4,8,10,14H2,1H3,(H,15,16). The molecule has 0 spiro atoms. The first kappa shape index (κ1) is 15.3. The van der Waals surface area contributed by atoms with Crippen LogP contribution in [0.4, 0.5) is 5.69 Å². The molecule has 0 fully saturated rings.